The van der Waals surface area contributed by atoms with Crippen molar-refractivity contribution in [3.05, 3.63) is 42.5 Å². The van der Waals surface area contributed by atoms with Crippen molar-refractivity contribution < 1.29 is 4.42 Å². The molecule has 1 fully saturated rings. The molecule has 1 saturated carbocycles. The van der Waals surface area contributed by atoms with Gasteiger partial charge < -0.3 is 20.8 Å². The van der Waals surface area contributed by atoms with E-state index in [9.17, 15) is 0 Å². The van der Waals surface area contributed by atoms with Crippen molar-refractivity contribution in [1.29, 1.82) is 0 Å². The first kappa shape index (κ1) is 15.5. The van der Waals surface area contributed by atoms with E-state index in [1.54, 1.807) is 6.26 Å². The zero-order chi connectivity index (χ0) is 17.9. The second-order valence-electron chi connectivity index (χ2n) is 7.43. The second-order valence-corrected chi connectivity index (χ2v) is 7.43. The van der Waals surface area contributed by atoms with Crippen molar-refractivity contribution in [3.8, 4) is 0 Å². The minimum absolute atomic E-state index is 0.326. The number of rotatable bonds is 3. The molecule has 1 aliphatic carbocycles. The SMILES string of the molecule is CC(C)n1ncc2cc(NC3=NC(N)(C4CC4)c4occc4N3)ccc21. The lowest BCUT2D eigenvalue weighted by Crippen LogP contribution is -2.44. The molecule has 7 nitrogen and oxygen atoms in total. The van der Waals surface area contributed by atoms with Gasteiger partial charge in [-0.05, 0) is 44.9 Å². The fraction of sp³-hybridized carbons (Fsp3) is 0.368. The first-order valence-corrected chi connectivity index (χ1v) is 9.02. The Balaban J connectivity index is 1.47. The van der Waals surface area contributed by atoms with Gasteiger partial charge in [0.05, 0.1) is 23.7 Å². The number of guanidine groups is 1. The van der Waals surface area contributed by atoms with Crippen LogP contribution in [0.15, 0.2) is 46.1 Å². The van der Waals surface area contributed by atoms with E-state index in [-0.39, 0.29) is 0 Å². The fourth-order valence-corrected chi connectivity index (χ4v) is 3.65. The van der Waals surface area contributed by atoms with Crippen LogP contribution in [0.1, 0.15) is 38.5 Å². The van der Waals surface area contributed by atoms with Crippen LogP contribution in [0.3, 0.4) is 0 Å². The molecule has 134 valence electrons. The van der Waals surface area contributed by atoms with E-state index in [4.69, 9.17) is 15.1 Å². The quantitative estimate of drug-likeness (QED) is 0.671. The summed E-state index contributed by atoms with van der Waals surface area (Å²) in [6.45, 7) is 4.25. The zero-order valence-corrected chi connectivity index (χ0v) is 14.9. The highest BCUT2D eigenvalue weighted by Crippen LogP contribution is 2.48. The maximum Gasteiger partial charge on any atom is 0.202 e. The molecule has 1 aromatic carbocycles. The number of aliphatic imine (C=N–C) groups is 1. The maximum atomic E-state index is 6.62. The highest BCUT2D eigenvalue weighted by atomic mass is 16.3. The van der Waals surface area contributed by atoms with Gasteiger partial charge in [-0.1, -0.05) is 0 Å². The third-order valence-electron chi connectivity index (χ3n) is 5.13. The average Bonchev–Trinajstić information content (AvgIpc) is 3.21. The van der Waals surface area contributed by atoms with Crippen LogP contribution in [-0.4, -0.2) is 15.7 Å². The Morgan fingerprint density at radius 2 is 2.19 bits per heavy atom. The third-order valence-corrected chi connectivity index (χ3v) is 5.13. The number of anilines is 2. The molecule has 0 radical (unpaired) electrons. The normalized spacial score (nSPS) is 22.2. The Kier molecular flexibility index (Phi) is 3.18. The molecule has 0 spiro atoms. The van der Waals surface area contributed by atoms with E-state index in [0.717, 1.165) is 40.9 Å². The molecule has 5 rings (SSSR count). The van der Waals surface area contributed by atoms with E-state index in [1.165, 1.54) is 0 Å². The van der Waals surface area contributed by atoms with Gasteiger partial charge in [0.15, 0.2) is 11.4 Å². The second kappa shape index (κ2) is 5.35. The third kappa shape index (κ3) is 2.31. The van der Waals surface area contributed by atoms with Crippen LogP contribution in [0, 0.1) is 5.92 Å². The summed E-state index contributed by atoms with van der Waals surface area (Å²) in [5.41, 5.74) is 8.76. The Bertz CT molecular complexity index is 1010. The van der Waals surface area contributed by atoms with E-state index in [0.29, 0.717) is 17.9 Å². The lowest BCUT2D eigenvalue weighted by Gasteiger charge is -2.30. The van der Waals surface area contributed by atoms with Gasteiger partial charge >= 0.3 is 0 Å². The van der Waals surface area contributed by atoms with Crippen molar-refractivity contribution in [1.82, 2.24) is 9.78 Å². The van der Waals surface area contributed by atoms with Gasteiger partial charge in [-0.3, -0.25) is 4.68 Å². The lowest BCUT2D eigenvalue weighted by molar-refractivity contribution is 0.315. The molecule has 0 bridgehead atoms. The van der Waals surface area contributed by atoms with Crippen LogP contribution in [0.25, 0.3) is 10.9 Å². The number of furan rings is 1. The van der Waals surface area contributed by atoms with E-state index >= 15 is 0 Å². The molecular formula is C19H22N6O. The molecule has 1 atom stereocenters. The zero-order valence-electron chi connectivity index (χ0n) is 14.9. The number of nitrogens with zero attached hydrogens (tertiary/aromatic N) is 3. The largest absolute Gasteiger partial charge is 0.463 e. The first-order chi connectivity index (χ1) is 12.5. The number of fused-ring (bicyclic) bond motifs is 2. The van der Waals surface area contributed by atoms with E-state index < -0.39 is 5.66 Å². The van der Waals surface area contributed by atoms with Crippen LogP contribution < -0.4 is 16.4 Å². The molecule has 1 aliphatic heterocycles. The van der Waals surface area contributed by atoms with E-state index in [2.05, 4.69) is 41.7 Å². The van der Waals surface area contributed by atoms with Gasteiger partial charge in [0.25, 0.3) is 0 Å². The summed E-state index contributed by atoms with van der Waals surface area (Å²) in [5, 5.41) is 12.2. The van der Waals surface area contributed by atoms with Crippen molar-refractivity contribution in [2.75, 3.05) is 10.6 Å². The van der Waals surface area contributed by atoms with Crippen LogP contribution in [0.5, 0.6) is 0 Å². The Morgan fingerprint density at radius 3 is 2.96 bits per heavy atom. The van der Waals surface area contributed by atoms with Gasteiger partial charge in [-0.25, -0.2) is 4.99 Å². The lowest BCUT2D eigenvalue weighted by atomic mass is 10.0. The van der Waals surface area contributed by atoms with Crippen molar-refractivity contribution in [2.45, 2.75) is 38.4 Å². The van der Waals surface area contributed by atoms with Crippen LogP contribution >= 0.6 is 0 Å². The smallest absolute Gasteiger partial charge is 0.202 e. The van der Waals surface area contributed by atoms with Gasteiger partial charge in [-0.2, -0.15) is 5.10 Å². The van der Waals surface area contributed by atoms with Crippen LogP contribution in [0.4, 0.5) is 11.4 Å². The van der Waals surface area contributed by atoms with Crippen molar-refractivity contribution in [3.63, 3.8) is 0 Å². The number of nitrogens with one attached hydrogen (secondary N) is 2. The summed E-state index contributed by atoms with van der Waals surface area (Å²) < 4.78 is 7.64. The predicted octanol–water partition coefficient (Wildman–Crippen LogP) is 3.63. The van der Waals surface area contributed by atoms with Crippen LogP contribution in [-0.2, 0) is 5.66 Å². The summed E-state index contributed by atoms with van der Waals surface area (Å²) in [6.07, 6.45) is 5.70. The molecule has 2 aliphatic rings. The molecular weight excluding hydrogens is 328 g/mol. The number of aromatic nitrogens is 2. The molecule has 3 aromatic rings. The van der Waals surface area contributed by atoms with Gasteiger partial charge in [0, 0.05) is 29.1 Å². The highest BCUT2D eigenvalue weighted by Gasteiger charge is 2.49. The minimum atomic E-state index is -0.793. The Morgan fingerprint density at radius 1 is 1.35 bits per heavy atom. The molecule has 2 aromatic heterocycles. The molecule has 1 unspecified atom stereocenters. The summed E-state index contributed by atoms with van der Waals surface area (Å²) in [7, 11) is 0. The summed E-state index contributed by atoms with van der Waals surface area (Å²) >= 11 is 0. The fourth-order valence-electron chi connectivity index (χ4n) is 3.65. The molecule has 4 N–H and O–H groups in total. The molecule has 26 heavy (non-hydrogen) atoms. The molecule has 3 heterocycles. The average molecular weight is 350 g/mol. The summed E-state index contributed by atoms with van der Waals surface area (Å²) in [4.78, 5) is 4.76. The molecule has 0 saturated heterocycles. The highest BCUT2D eigenvalue weighted by molar-refractivity contribution is 6.06. The first-order valence-electron chi connectivity index (χ1n) is 9.02. The Labute approximate surface area is 151 Å². The summed E-state index contributed by atoms with van der Waals surface area (Å²) in [5.74, 6) is 1.70. The standard InChI is InChI=1S/C19H22N6O/c1-11(2)25-16-6-5-14(9-12(16)10-21-25)22-18-23-15-7-8-26-17(15)19(20,24-18)13-3-4-13/h5-11,13H,3-4,20H2,1-2H3,(H2,22,23,24). The Hall–Kier alpha value is -2.80. The van der Waals surface area contributed by atoms with Crippen molar-refractivity contribution in [2.24, 2.45) is 16.6 Å². The minimum Gasteiger partial charge on any atom is -0.463 e. The number of hydrogen-bond donors (Lipinski definition) is 3. The monoisotopic (exact) mass is 350 g/mol. The predicted molar refractivity (Wildman–Crippen MR) is 102 cm³/mol. The number of benzene rings is 1. The molecule has 0 amide bonds. The van der Waals surface area contributed by atoms with E-state index in [1.807, 2.05) is 23.0 Å². The van der Waals surface area contributed by atoms with Crippen molar-refractivity contribution >= 4 is 28.2 Å². The van der Waals surface area contributed by atoms with Gasteiger partial charge in [0.1, 0.15) is 0 Å². The number of hydrogen-bond acceptors (Lipinski definition) is 6. The summed E-state index contributed by atoms with van der Waals surface area (Å²) in [6, 6.07) is 8.41. The molecule has 7 heteroatoms. The topological polar surface area (TPSA) is 93.4 Å². The van der Waals surface area contributed by atoms with Gasteiger partial charge in [0.2, 0.25) is 5.96 Å². The number of nitrogens with two attached hydrogens (primary N) is 1. The van der Waals surface area contributed by atoms with Crippen LogP contribution in [0.2, 0.25) is 0 Å². The van der Waals surface area contributed by atoms with Gasteiger partial charge in [-0.15, -0.1) is 0 Å². The maximum absolute atomic E-state index is 6.62.